The van der Waals surface area contributed by atoms with E-state index in [1.54, 1.807) is 6.07 Å². The van der Waals surface area contributed by atoms with Gasteiger partial charge in [-0.3, -0.25) is 14.9 Å². The molecule has 1 aromatic carbocycles. The monoisotopic (exact) mass is 326 g/mol. The summed E-state index contributed by atoms with van der Waals surface area (Å²) < 4.78 is 0.235. The third-order valence-corrected chi connectivity index (χ3v) is 4.58. The molecule has 1 N–H and O–H groups in total. The second-order valence-corrected chi connectivity index (χ2v) is 5.73. The lowest BCUT2D eigenvalue weighted by Crippen LogP contribution is -2.30. The van der Waals surface area contributed by atoms with Gasteiger partial charge in [-0.15, -0.1) is 0 Å². The topological polar surface area (TPSA) is 72.2 Å². The highest BCUT2D eigenvalue weighted by Gasteiger charge is 2.40. The summed E-state index contributed by atoms with van der Waals surface area (Å²) in [6, 6.07) is 4.47. The Morgan fingerprint density at radius 1 is 1.53 bits per heavy atom. The Balaban J connectivity index is 2.11. The Kier molecular flexibility index (Phi) is 3.89. The molecule has 0 radical (unpaired) electrons. The average molecular weight is 327 g/mol. The van der Waals surface area contributed by atoms with Crippen LogP contribution in [0.5, 0.6) is 0 Å². The predicted octanol–water partition coefficient (Wildman–Crippen LogP) is 3.28. The number of nitrogens with one attached hydrogen (secondary N) is 1. The van der Waals surface area contributed by atoms with Crippen molar-refractivity contribution in [1.29, 1.82) is 0 Å². The fraction of sp³-hybridized carbons (Fsp3) is 0.462. The maximum absolute atomic E-state index is 12.1. The molecule has 1 saturated carbocycles. The summed E-state index contributed by atoms with van der Waals surface area (Å²) in [7, 11) is 0. The molecule has 0 aromatic heterocycles. The van der Waals surface area contributed by atoms with Crippen molar-refractivity contribution in [1.82, 2.24) is 5.32 Å². The van der Waals surface area contributed by atoms with Gasteiger partial charge in [0, 0.05) is 12.6 Å². The minimum Gasteiger partial charge on any atom is -0.351 e. The van der Waals surface area contributed by atoms with Crippen LogP contribution in [0.25, 0.3) is 0 Å². The van der Waals surface area contributed by atoms with E-state index in [0.29, 0.717) is 12.1 Å². The molecule has 0 unspecified atom stereocenters. The molecule has 1 fully saturated rings. The lowest BCUT2D eigenvalue weighted by molar-refractivity contribution is -0.385. The van der Waals surface area contributed by atoms with Crippen molar-refractivity contribution in [3.63, 3.8) is 0 Å². The quantitative estimate of drug-likeness (QED) is 0.666. The van der Waals surface area contributed by atoms with Crippen molar-refractivity contribution in [3.05, 3.63) is 38.3 Å². The fourth-order valence-electron chi connectivity index (χ4n) is 2.03. The van der Waals surface area contributed by atoms with Crippen LogP contribution in [0.4, 0.5) is 5.69 Å². The number of carbonyl (C=O) groups excluding carboxylic acids is 1. The minimum absolute atomic E-state index is 0.0933. The Bertz CT molecular complexity index is 527. The van der Waals surface area contributed by atoms with E-state index in [-0.39, 0.29) is 21.5 Å². The molecule has 0 saturated heterocycles. The molecule has 1 aliphatic carbocycles. The average Bonchev–Trinajstić information content (AvgIpc) is 3.16. The third-order valence-electron chi connectivity index (χ3n) is 3.75. The van der Waals surface area contributed by atoms with Crippen LogP contribution in [-0.4, -0.2) is 17.4 Å². The standard InChI is InChI=1S/C13H15BrN2O3/c1-2-13(6-7-13)8-15-12(17)9-4-3-5-10(11(9)14)16(18)19/h3-5H,2,6-8H2,1H3,(H,15,17). The first-order chi connectivity index (χ1) is 8.99. The number of rotatable bonds is 5. The second kappa shape index (κ2) is 5.28. The molecule has 0 bridgehead atoms. The number of nitro groups is 1. The fourth-order valence-corrected chi connectivity index (χ4v) is 2.62. The summed E-state index contributed by atoms with van der Waals surface area (Å²) in [5, 5.41) is 13.7. The highest BCUT2D eigenvalue weighted by Crippen LogP contribution is 2.47. The number of amides is 1. The van der Waals surface area contributed by atoms with Crippen molar-refractivity contribution >= 4 is 27.5 Å². The molecular weight excluding hydrogens is 312 g/mol. The van der Waals surface area contributed by atoms with Crippen molar-refractivity contribution in [2.75, 3.05) is 6.54 Å². The van der Waals surface area contributed by atoms with Crippen molar-refractivity contribution in [3.8, 4) is 0 Å². The SMILES string of the molecule is CCC1(CNC(=O)c2cccc([N+](=O)[O-])c2Br)CC1. The zero-order valence-electron chi connectivity index (χ0n) is 10.6. The third kappa shape index (κ3) is 2.94. The Hall–Kier alpha value is -1.43. The molecule has 0 spiro atoms. The smallest absolute Gasteiger partial charge is 0.284 e. The van der Waals surface area contributed by atoms with Gasteiger partial charge in [-0.25, -0.2) is 0 Å². The maximum Gasteiger partial charge on any atom is 0.284 e. The van der Waals surface area contributed by atoms with Gasteiger partial charge in [-0.2, -0.15) is 0 Å². The van der Waals surface area contributed by atoms with Crippen LogP contribution in [0.1, 0.15) is 36.5 Å². The molecule has 6 heteroatoms. The molecule has 1 amide bonds. The van der Waals surface area contributed by atoms with Crippen LogP contribution in [0, 0.1) is 15.5 Å². The van der Waals surface area contributed by atoms with E-state index in [0.717, 1.165) is 19.3 Å². The molecule has 0 heterocycles. The van der Waals surface area contributed by atoms with Gasteiger partial charge < -0.3 is 5.32 Å². The van der Waals surface area contributed by atoms with Gasteiger partial charge in [0.15, 0.2) is 0 Å². The highest BCUT2D eigenvalue weighted by atomic mass is 79.9. The van der Waals surface area contributed by atoms with Gasteiger partial charge in [0.25, 0.3) is 11.6 Å². The summed E-state index contributed by atoms with van der Waals surface area (Å²) >= 11 is 3.13. The Morgan fingerprint density at radius 3 is 2.74 bits per heavy atom. The van der Waals surface area contributed by atoms with E-state index in [4.69, 9.17) is 0 Å². The van der Waals surface area contributed by atoms with Crippen LogP contribution in [0.2, 0.25) is 0 Å². The van der Waals surface area contributed by atoms with Crippen LogP contribution in [0.3, 0.4) is 0 Å². The van der Waals surface area contributed by atoms with E-state index in [1.165, 1.54) is 12.1 Å². The molecule has 2 rings (SSSR count). The van der Waals surface area contributed by atoms with Crippen molar-refractivity contribution < 1.29 is 9.72 Å². The number of nitro benzene ring substituents is 1. The zero-order chi connectivity index (χ0) is 14.0. The molecule has 1 aliphatic rings. The number of benzene rings is 1. The number of halogens is 1. The number of nitrogens with zero attached hydrogens (tertiary/aromatic N) is 1. The molecular formula is C13H15BrN2O3. The first kappa shape index (κ1) is 14.0. The van der Waals surface area contributed by atoms with Gasteiger partial charge in [-0.1, -0.05) is 13.0 Å². The first-order valence-electron chi connectivity index (χ1n) is 6.20. The Labute approximate surface area is 119 Å². The van der Waals surface area contributed by atoms with Crippen LogP contribution < -0.4 is 5.32 Å². The van der Waals surface area contributed by atoms with E-state index in [1.807, 2.05) is 0 Å². The molecule has 102 valence electrons. The van der Waals surface area contributed by atoms with Crippen LogP contribution >= 0.6 is 15.9 Å². The lowest BCUT2D eigenvalue weighted by atomic mass is 10.0. The van der Waals surface area contributed by atoms with Gasteiger partial charge in [0.05, 0.1) is 10.5 Å². The number of hydrogen-bond donors (Lipinski definition) is 1. The summed E-state index contributed by atoms with van der Waals surface area (Å²) in [6.45, 7) is 2.75. The van der Waals surface area contributed by atoms with Crippen LogP contribution in [-0.2, 0) is 0 Å². The van der Waals surface area contributed by atoms with Gasteiger partial charge >= 0.3 is 0 Å². The van der Waals surface area contributed by atoms with Crippen LogP contribution in [0.15, 0.2) is 22.7 Å². The zero-order valence-corrected chi connectivity index (χ0v) is 12.2. The molecule has 0 aliphatic heterocycles. The van der Waals surface area contributed by atoms with Crippen molar-refractivity contribution in [2.24, 2.45) is 5.41 Å². The summed E-state index contributed by atoms with van der Waals surface area (Å²) in [5.41, 5.74) is 0.466. The number of hydrogen-bond acceptors (Lipinski definition) is 3. The highest BCUT2D eigenvalue weighted by molar-refractivity contribution is 9.10. The van der Waals surface area contributed by atoms with Crippen molar-refractivity contribution in [2.45, 2.75) is 26.2 Å². The van der Waals surface area contributed by atoms with E-state index >= 15 is 0 Å². The number of carbonyl (C=O) groups is 1. The Morgan fingerprint density at radius 2 is 2.21 bits per heavy atom. The maximum atomic E-state index is 12.1. The lowest BCUT2D eigenvalue weighted by Gasteiger charge is -2.13. The summed E-state index contributed by atoms with van der Waals surface area (Å²) in [5.74, 6) is -0.268. The summed E-state index contributed by atoms with van der Waals surface area (Å²) in [4.78, 5) is 22.4. The normalized spacial score (nSPS) is 15.9. The van der Waals surface area contributed by atoms with Gasteiger partial charge in [0.2, 0.25) is 0 Å². The second-order valence-electron chi connectivity index (χ2n) is 4.93. The molecule has 0 atom stereocenters. The molecule has 5 nitrogen and oxygen atoms in total. The molecule has 1 aromatic rings. The summed E-state index contributed by atoms with van der Waals surface area (Å²) in [6.07, 6.45) is 3.32. The predicted molar refractivity (Wildman–Crippen MR) is 75.1 cm³/mol. The van der Waals surface area contributed by atoms with Gasteiger partial charge in [0.1, 0.15) is 4.47 Å². The van der Waals surface area contributed by atoms with Gasteiger partial charge in [-0.05, 0) is 46.7 Å². The molecule has 19 heavy (non-hydrogen) atoms. The van der Waals surface area contributed by atoms with E-state index < -0.39 is 4.92 Å². The van der Waals surface area contributed by atoms with E-state index in [9.17, 15) is 14.9 Å². The largest absolute Gasteiger partial charge is 0.351 e. The first-order valence-corrected chi connectivity index (χ1v) is 6.99. The minimum atomic E-state index is -0.505. The van der Waals surface area contributed by atoms with E-state index in [2.05, 4.69) is 28.2 Å².